The van der Waals surface area contributed by atoms with Crippen LogP contribution in [0.1, 0.15) is 17.1 Å². The zero-order valence-electron chi connectivity index (χ0n) is 8.00. The second kappa shape index (κ2) is 4.45. The van der Waals surface area contributed by atoms with Crippen molar-refractivity contribution in [2.75, 3.05) is 0 Å². The summed E-state index contributed by atoms with van der Waals surface area (Å²) in [5, 5.41) is 0. The van der Waals surface area contributed by atoms with E-state index in [0.717, 1.165) is 17.1 Å². The highest BCUT2D eigenvalue weighted by Crippen LogP contribution is 2.08. The molecule has 4 heteroatoms. The summed E-state index contributed by atoms with van der Waals surface area (Å²) in [6, 6.07) is 6.39. The predicted molar refractivity (Wildman–Crippen MR) is 57.4 cm³/mol. The first-order valence-corrected chi connectivity index (χ1v) is 5.14. The molecule has 2 aromatic rings. The van der Waals surface area contributed by atoms with Crippen LogP contribution in [-0.4, -0.2) is 9.97 Å². The monoisotopic (exact) mass is 224 g/mol. The third-order valence-corrected chi connectivity index (χ3v) is 2.40. The molecule has 0 bridgehead atoms. The van der Waals surface area contributed by atoms with E-state index in [1.54, 1.807) is 18.3 Å². The van der Waals surface area contributed by atoms with Crippen LogP contribution in [0.2, 0.25) is 0 Å². The summed E-state index contributed by atoms with van der Waals surface area (Å²) in [6.45, 7) is 0. The largest absolute Gasteiger partial charge is 0.345 e. The van der Waals surface area contributed by atoms with Gasteiger partial charge in [-0.05, 0) is 17.7 Å². The molecule has 0 aliphatic carbocycles. The van der Waals surface area contributed by atoms with Crippen molar-refractivity contribution in [3.8, 4) is 0 Å². The molecular weight excluding hydrogens is 215 g/mol. The lowest BCUT2D eigenvalue weighted by atomic mass is 10.1. The fourth-order valence-electron chi connectivity index (χ4n) is 1.36. The molecule has 15 heavy (non-hydrogen) atoms. The van der Waals surface area contributed by atoms with E-state index in [4.69, 9.17) is 11.6 Å². The van der Waals surface area contributed by atoms with Crippen LogP contribution in [0.3, 0.4) is 0 Å². The van der Waals surface area contributed by atoms with Crippen molar-refractivity contribution in [3.05, 3.63) is 53.4 Å². The van der Waals surface area contributed by atoms with Crippen molar-refractivity contribution in [1.29, 1.82) is 0 Å². The smallest absolute Gasteiger partial charge is 0.123 e. The Labute approximate surface area is 92.1 Å². The van der Waals surface area contributed by atoms with Crippen LogP contribution in [0.15, 0.2) is 30.5 Å². The van der Waals surface area contributed by atoms with Crippen molar-refractivity contribution < 1.29 is 4.39 Å². The standard InChI is InChI=1S/C11H10ClFN2/c12-6-10-7-14-11(15-10)5-8-1-3-9(13)4-2-8/h1-4,7H,5-6H2,(H,14,15). The average molecular weight is 225 g/mol. The van der Waals surface area contributed by atoms with E-state index < -0.39 is 0 Å². The van der Waals surface area contributed by atoms with Crippen molar-refractivity contribution in [1.82, 2.24) is 9.97 Å². The van der Waals surface area contributed by atoms with Crippen LogP contribution in [0, 0.1) is 5.82 Å². The Bertz CT molecular complexity index is 436. The quantitative estimate of drug-likeness (QED) is 0.798. The second-order valence-corrected chi connectivity index (χ2v) is 3.56. The van der Waals surface area contributed by atoms with Gasteiger partial charge in [0.05, 0.1) is 5.88 Å². The summed E-state index contributed by atoms with van der Waals surface area (Å²) >= 11 is 5.64. The van der Waals surface area contributed by atoms with E-state index in [1.165, 1.54) is 12.1 Å². The fourth-order valence-corrected chi connectivity index (χ4v) is 1.49. The predicted octanol–water partition coefficient (Wildman–Crippen LogP) is 2.88. The molecule has 0 radical (unpaired) electrons. The molecule has 0 aliphatic rings. The Morgan fingerprint density at radius 3 is 2.60 bits per heavy atom. The van der Waals surface area contributed by atoms with Gasteiger partial charge in [0.2, 0.25) is 0 Å². The fraction of sp³-hybridized carbons (Fsp3) is 0.182. The highest BCUT2D eigenvalue weighted by atomic mass is 35.5. The zero-order chi connectivity index (χ0) is 10.7. The number of nitrogens with one attached hydrogen (secondary N) is 1. The SMILES string of the molecule is Fc1ccc(Cc2ncc(CCl)[nH]2)cc1. The van der Waals surface area contributed by atoms with E-state index in [1.807, 2.05) is 0 Å². The summed E-state index contributed by atoms with van der Waals surface area (Å²) in [6.07, 6.45) is 2.38. The Hall–Kier alpha value is -1.35. The van der Waals surface area contributed by atoms with Gasteiger partial charge in [-0.1, -0.05) is 12.1 Å². The van der Waals surface area contributed by atoms with Gasteiger partial charge in [-0.3, -0.25) is 0 Å². The number of alkyl halides is 1. The zero-order valence-corrected chi connectivity index (χ0v) is 8.76. The number of benzene rings is 1. The van der Waals surface area contributed by atoms with Crippen molar-refractivity contribution in [2.45, 2.75) is 12.3 Å². The molecule has 0 unspecified atom stereocenters. The molecular formula is C11H10ClFN2. The van der Waals surface area contributed by atoms with Gasteiger partial charge in [0, 0.05) is 18.3 Å². The Kier molecular flexibility index (Phi) is 3.02. The maximum absolute atomic E-state index is 12.6. The number of hydrogen-bond donors (Lipinski definition) is 1. The molecule has 2 rings (SSSR count). The van der Waals surface area contributed by atoms with Gasteiger partial charge >= 0.3 is 0 Å². The van der Waals surface area contributed by atoms with Crippen molar-refractivity contribution >= 4 is 11.6 Å². The van der Waals surface area contributed by atoms with Gasteiger partial charge in [0.15, 0.2) is 0 Å². The molecule has 1 N–H and O–H groups in total. The molecule has 1 heterocycles. The first-order chi connectivity index (χ1) is 7.28. The average Bonchev–Trinajstić information content (AvgIpc) is 2.69. The summed E-state index contributed by atoms with van der Waals surface area (Å²) in [4.78, 5) is 7.26. The maximum Gasteiger partial charge on any atom is 0.123 e. The highest BCUT2D eigenvalue weighted by Gasteiger charge is 2.01. The number of hydrogen-bond acceptors (Lipinski definition) is 1. The van der Waals surface area contributed by atoms with Gasteiger partial charge in [-0.15, -0.1) is 11.6 Å². The molecule has 0 saturated carbocycles. The molecule has 0 aliphatic heterocycles. The summed E-state index contributed by atoms with van der Waals surface area (Å²) in [5.74, 6) is 1.05. The number of halogens is 2. The lowest BCUT2D eigenvalue weighted by Gasteiger charge is -1.97. The number of aromatic nitrogens is 2. The van der Waals surface area contributed by atoms with E-state index in [-0.39, 0.29) is 5.82 Å². The Balaban J connectivity index is 2.11. The third-order valence-electron chi connectivity index (χ3n) is 2.11. The molecule has 0 saturated heterocycles. The molecule has 0 amide bonds. The summed E-state index contributed by atoms with van der Waals surface area (Å²) < 4.78 is 12.6. The normalized spacial score (nSPS) is 10.5. The Morgan fingerprint density at radius 2 is 2.00 bits per heavy atom. The van der Waals surface area contributed by atoms with Gasteiger partial charge in [-0.2, -0.15) is 0 Å². The highest BCUT2D eigenvalue weighted by molar-refractivity contribution is 6.16. The lowest BCUT2D eigenvalue weighted by molar-refractivity contribution is 0.627. The number of rotatable bonds is 3. The second-order valence-electron chi connectivity index (χ2n) is 3.29. The van der Waals surface area contributed by atoms with Crippen LogP contribution in [-0.2, 0) is 12.3 Å². The number of aromatic amines is 1. The number of imidazole rings is 1. The van der Waals surface area contributed by atoms with Gasteiger partial charge < -0.3 is 4.98 Å². The summed E-state index contributed by atoms with van der Waals surface area (Å²) in [7, 11) is 0. The molecule has 2 nitrogen and oxygen atoms in total. The van der Waals surface area contributed by atoms with Gasteiger partial charge in [0.25, 0.3) is 0 Å². The topological polar surface area (TPSA) is 28.7 Å². The lowest BCUT2D eigenvalue weighted by Crippen LogP contribution is -1.91. The molecule has 0 spiro atoms. The first-order valence-electron chi connectivity index (χ1n) is 4.61. The third kappa shape index (κ3) is 2.57. The van der Waals surface area contributed by atoms with Crippen LogP contribution in [0.25, 0.3) is 0 Å². The van der Waals surface area contributed by atoms with Gasteiger partial charge in [-0.25, -0.2) is 9.37 Å². The number of H-pyrrole nitrogens is 1. The maximum atomic E-state index is 12.6. The van der Waals surface area contributed by atoms with Crippen LogP contribution >= 0.6 is 11.6 Å². The molecule has 0 fully saturated rings. The van der Waals surface area contributed by atoms with Crippen LogP contribution in [0.5, 0.6) is 0 Å². The minimum Gasteiger partial charge on any atom is -0.345 e. The van der Waals surface area contributed by atoms with E-state index >= 15 is 0 Å². The molecule has 0 atom stereocenters. The number of nitrogens with zero attached hydrogens (tertiary/aromatic N) is 1. The Morgan fingerprint density at radius 1 is 1.27 bits per heavy atom. The summed E-state index contributed by atoms with van der Waals surface area (Å²) in [5.41, 5.74) is 1.92. The molecule has 1 aromatic carbocycles. The van der Waals surface area contributed by atoms with Gasteiger partial charge in [0.1, 0.15) is 11.6 Å². The molecule has 78 valence electrons. The minimum atomic E-state index is -0.223. The van der Waals surface area contributed by atoms with E-state index in [2.05, 4.69) is 9.97 Å². The van der Waals surface area contributed by atoms with Crippen molar-refractivity contribution in [2.24, 2.45) is 0 Å². The minimum absolute atomic E-state index is 0.223. The van der Waals surface area contributed by atoms with E-state index in [9.17, 15) is 4.39 Å². The van der Waals surface area contributed by atoms with E-state index in [0.29, 0.717) is 12.3 Å². The molecule has 1 aromatic heterocycles. The van der Waals surface area contributed by atoms with Crippen molar-refractivity contribution in [3.63, 3.8) is 0 Å². The van der Waals surface area contributed by atoms with Crippen LogP contribution < -0.4 is 0 Å². The van der Waals surface area contributed by atoms with Crippen LogP contribution in [0.4, 0.5) is 4.39 Å². The first kappa shape index (κ1) is 10.2.